The van der Waals surface area contributed by atoms with Crippen LogP contribution >= 0.6 is 0 Å². The van der Waals surface area contributed by atoms with Gasteiger partial charge in [0.15, 0.2) is 0 Å². The predicted molar refractivity (Wildman–Crippen MR) is 82.1 cm³/mol. The van der Waals surface area contributed by atoms with Gasteiger partial charge in [0.05, 0.1) is 56.7 Å². The van der Waals surface area contributed by atoms with Gasteiger partial charge in [-0.05, 0) is 31.2 Å². The summed E-state index contributed by atoms with van der Waals surface area (Å²) in [6.45, 7) is 5.12. The smallest absolute Gasteiger partial charge is 0.243 e. The third kappa shape index (κ3) is 3.77. The second-order valence-electron chi connectivity index (χ2n) is 5.56. The number of quaternary nitrogens is 1. The van der Waals surface area contributed by atoms with Gasteiger partial charge in [-0.3, -0.25) is 0 Å². The molecule has 1 fully saturated rings. The minimum atomic E-state index is -3.45. The van der Waals surface area contributed by atoms with Gasteiger partial charge in [-0.15, -0.1) is 0 Å². The van der Waals surface area contributed by atoms with Crippen LogP contribution in [0.1, 0.15) is 6.92 Å². The van der Waals surface area contributed by atoms with Gasteiger partial charge in [-0.1, -0.05) is 0 Å². The summed E-state index contributed by atoms with van der Waals surface area (Å²) in [4.78, 5) is 1.58. The summed E-state index contributed by atoms with van der Waals surface area (Å²) in [6, 6.07) is 8.69. The summed E-state index contributed by atoms with van der Waals surface area (Å²) in [7, 11) is -1.90. The quantitative estimate of drug-likeness (QED) is 0.810. The fourth-order valence-corrected chi connectivity index (χ4v) is 4.06. The Labute approximate surface area is 131 Å². The van der Waals surface area contributed by atoms with E-state index in [1.54, 1.807) is 31.4 Å². The summed E-state index contributed by atoms with van der Waals surface area (Å²) >= 11 is 0. The third-order valence-electron chi connectivity index (χ3n) is 3.94. The zero-order valence-electron chi connectivity index (χ0n) is 12.9. The minimum Gasteiger partial charge on any atom is -0.497 e. The number of hydrogen-bond acceptors (Lipinski definition) is 4. The first-order valence-corrected chi connectivity index (χ1v) is 8.78. The molecule has 1 aliphatic heterocycles. The first-order chi connectivity index (χ1) is 10.5. The predicted octanol–water partition coefficient (Wildman–Crippen LogP) is -0.256. The first kappa shape index (κ1) is 16.7. The Kier molecular flexibility index (Phi) is 5.40. The van der Waals surface area contributed by atoms with Crippen LogP contribution in [0.15, 0.2) is 29.2 Å². The number of piperazine rings is 1. The van der Waals surface area contributed by atoms with Crippen LogP contribution < -0.4 is 9.64 Å². The van der Waals surface area contributed by atoms with Crippen molar-refractivity contribution in [2.75, 3.05) is 39.8 Å². The Morgan fingerprint density at radius 2 is 1.91 bits per heavy atom. The van der Waals surface area contributed by atoms with Crippen molar-refractivity contribution in [1.82, 2.24) is 4.31 Å². The highest BCUT2D eigenvalue weighted by molar-refractivity contribution is 7.89. The van der Waals surface area contributed by atoms with E-state index in [-0.39, 0.29) is 5.92 Å². The van der Waals surface area contributed by atoms with Crippen molar-refractivity contribution in [3.05, 3.63) is 24.3 Å². The molecule has 0 saturated carbocycles. The molecule has 0 unspecified atom stereocenters. The van der Waals surface area contributed by atoms with Gasteiger partial charge in [-0.25, -0.2) is 8.42 Å². The number of nitriles is 1. The summed E-state index contributed by atoms with van der Waals surface area (Å²) in [5.41, 5.74) is 0. The van der Waals surface area contributed by atoms with E-state index in [2.05, 4.69) is 6.07 Å². The SMILES string of the molecule is COc1ccc(S(=O)(=O)N2CC[NH+](C[C@@H](C)C#N)CC2)cc1. The highest BCUT2D eigenvalue weighted by Crippen LogP contribution is 2.19. The van der Waals surface area contributed by atoms with Crippen molar-refractivity contribution >= 4 is 10.0 Å². The second kappa shape index (κ2) is 7.09. The largest absolute Gasteiger partial charge is 0.497 e. The fraction of sp³-hybridized carbons (Fsp3) is 0.533. The number of nitrogens with one attached hydrogen (secondary N) is 1. The number of ether oxygens (including phenoxy) is 1. The van der Waals surface area contributed by atoms with Crippen LogP contribution in [0.2, 0.25) is 0 Å². The summed E-state index contributed by atoms with van der Waals surface area (Å²) < 4.78 is 31.8. The van der Waals surface area contributed by atoms with Crippen molar-refractivity contribution in [3.63, 3.8) is 0 Å². The van der Waals surface area contributed by atoms with Crippen molar-refractivity contribution in [3.8, 4) is 11.8 Å². The lowest BCUT2D eigenvalue weighted by Gasteiger charge is -2.31. The normalized spacial score (nSPS) is 18.6. The molecule has 2 rings (SSSR count). The lowest BCUT2D eigenvalue weighted by molar-refractivity contribution is -0.905. The van der Waals surface area contributed by atoms with Crippen LogP contribution in [0.5, 0.6) is 5.75 Å². The molecular weight excluding hydrogens is 302 g/mol. The zero-order chi connectivity index (χ0) is 16.2. The maximum Gasteiger partial charge on any atom is 0.243 e. The lowest BCUT2D eigenvalue weighted by Crippen LogP contribution is -3.15. The summed E-state index contributed by atoms with van der Waals surface area (Å²) in [5.74, 6) is 0.637. The van der Waals surface area contributed by atoms with E-state index in [1.165, 1.54) is 9.21 Å². The molecule has 0 spiro atoms. The summed E-state index contributed by atoms with van der Waals surface area (Å²) in [5, 5.41) is 8.86. The lowest BCUT2D eigenvalue weighted by atomic mass is 10.2. The zero-order valence-corrected chi connectivity index (χ0v) is 13.8. The van der Waals surface area contributed by atoms with Gasteiger partial charge in [0.25, 0.3) is 0 Å². The third-order valence-corrected chi connectivity index (χ3v) is 5.85. The molecule has 1 aromatic carbocycles. The highest BCUT2D eigenvalue weighted by atomic mass is 32.2. The van der Waals surface area contributed by atoms with E-state index in [0.29, 0.717) is 23.7 Å². The summed E-state index contributed by atoms with van der Waals surface area (Å²) in [6.07, 6.45) is 0. The Bertz CT molecular complexity index is 629. The van der Waals surface area contributed by atoms with Gasteiger partial charge in [0.2, 0.25) is 10.0 Å². The molecule has 1 aliphatic rings. The Morgan fingerprint density at radius 3 is 2.41 bits per heavy atom. The molecule has 6 nitrogen and oxygen atoms in total. The van der Waals surface area contributed by atoms with Crippen molar-refractivity contribution in [2.45, 2.75) is 11.8 Å². The molecule has 0 bridgehead atoms. The molecule has 0 radical (unpaired) electrons. The van der Waals surface area contributed by atoms with Crippen LogP contribution in [0, 0.1) is 17.2 Å². The van der Waals surface area contributed by atoms with E-state index in [4.69, 9.17) is 10.00 Å². The minimum absolute atomic E-state index is 0.000236. The van der Waals surface area contributed by atoms with Crippen LogP contribution in [-0.4, -0.2) is 52.6 Å². The van der Waals surface area contributed by atoms with Crippen LogP contribution in [0.3, 0.4) is 0 Å². The maximum atomic E-state index is 12.6. The molecule has 0 aliphatic carbocycles. The molecule has 1 heterocycles. The fourth-order valence-electron chi connectivity index (χ4n) is 2.62. The first-order valence-electron chi connectivity index (χ1n) is 7.34. The molecule has 1 atom stereocenters. The van der Waals surface area contributed by atoms with E-state index in [0.717, 1.165) is 19.6 Å². The van der Waals surface area contributed by atoms with E-state index in [9.17, 15) is 8.42 Å². The molecule has 1 N–H and O–H groups in total. The van der Waals surface area contributed by atoms with Gasteiger partial charge in [-0.2, -0.15) is 9.57 Å². The number of hydrogen-bond donors (Lipinski definition) is 1. The monoisotopic (exact) mass is 324 g/mol. The molecule has 7 heteroatoms. The Morgan fingerprint density at radius 1 is 1.32 bits per heavy atom. The molecule has 0 aromatic heterocycles. The van der Waals surface area contributed by atoms with Gasteiger partial charge >= 0.3 is 0 Å². The van der Waals surface area contributed by atoms with Gasteiger partial charge < -0.3 is 9.64 Å². The number of nitrogens with zero attached hydrogens (tertiary/aromatic N) is 2. The number of rotatable bonds is 5. The Hall–Kier alpha value is -1.62. The molecule has 1 aromatic rings. The molecule has 0 amide bonds. The van der Waals surface area contributed by atoms with Crippen LogP contribution in [0.25, 0.3) is 0 Å². The molecule has 22 heavy (non-hydrogen) atoms. The maximum absolute atomic E-state index is 12.6. The second-order valence-corrected chi connectivity index (χ2v) is 7.50. The van der Waals surface area contributed by atoms with E-state index >= 15 is 0 Å². The number of benzene rings is 1. The number of sulfonamides is 1. The average molecular weight is 324 g/mol. The number of methoxy groups -OCH3 is 1. The van der Waals surface area contributed by atoms with E-state index in [1.807, 2.05) is 6.92 Å². The molecule has 1 saturated heterocycles. The van der Waals surface area contributed by atoms with Crippen molar-refractivity contribution in [1.29, 1.82) is 5.26 Å². The van der Waals surface area contributed by atoms with E-state index < -0.39 is 10.0 Å². The van der Waals surface area contributed by atoms with Crippen LogP contribution in [0.4, 0.5) is 0 Å². The topological polar surface area (TPSA) is 74.8 Å². The average Bonchev–Trinajstić information content (AvgIpc) is 2.55. The van der Waals surface area contributed by atoms with Crippen molar-refractivity contribution < 1.29 is 18.1 Å². The standard InChI is InChI=1S/C15H21N3O3S/c1-13(11-16)12-17-7-9-18(10-8-17)22(19,20)15-5-3-14(21-2)4-6-15/h3-6,13H,7-10,12H2,1-2H3/p+1/t13-/m0/s1. The van der Waals surface area contributed by atoms with Crippen LogP contribution in [-0.2, 0) is 10.0 Å². The molecular formula is C15H22N3O3S+. The van der Waals surface area contributed by atoms with Gasteiger partial charge in [0, 0.05) is 0 Å². The van der Waals surface area contributed by atoms with Gasteiger partial charge in [0.1, 0.15) is 5.75 Å². The Balaban J connectivity index is 2.01. The highest BCUT2D eigenvalue weighted by Gasteiger charge is 2.30. The molecule has 120 valence electrons. The van der Waals surface area contributed by atoms with Crippen molar-refractivity contribution in [2.24, 2.45) is 5.92 Å².